The van der Waals surface area contributed by atoms with Crippen molar-refractivity contribution in [1.29, 1.82) is 0 Å². The number of nitrogens with zero attached hydrogens (tertiary/aromatic N) is 1. The molecule has 9 nitrogen and oxygen atoms in total. The van der Waals surface area contributed by atoms with Gasteiger partial charge in [-0.05, 0) is 57.4 Å². The van der Waals surface area contributed by atoms with E-state index in [-0.39, 0.29) is 31.5 Å². The van der Waals surface area contributed by atoms with E-state index in [0.29, 0.717) is 17.4 Å². The molecule has 0 radical (unpaired) electrons. The zero-order chi connectivity index (χ0) is 48.7. The van der Waals surface area contributed by atoms with Crippen molar-refractivity contribution in [2.24, 2.45) is 0 Å². The number of hydrogen-bond acceptors (Lipinski definition) is 7. The molecule has 0 saturated carbocycles. The van der Waals surface area contributed by atoms with E-state index in [1.54, 1.807) is 0 Å². The number of carbonyl (C=O) groups is 2. The van der Waals surface area contributed by atoms with Crippen LogP contribution in [-0.2, 0) is 27.9 Å². The number of ether oxygens (including phenoxy) is 1. The average Bonchev–Trinajstić information content (AvgIpc) is 3.27. The van der Waals surface area contributed by atoms with Crippen LogP contribution >= 0.6 is 7.82 Å². The third kappa shape index (κ3) is 47.3. The second-order valence-corrected chi connectivity index (χ2v) is 21.5. The standard InChI is InChI=1S/C56H107N2O7P/c1-7-10-13-16-19-22-25-27-29-31-34-37-40-43-46-49-56(60)65-54(47-44-41-38-35-32-24-21-18-15-12-9-3)53(52-64-66(61,62)63-51-50-58(4,5)6)57-55(59)48-45-42-39-36-33-30-28-26-23-20-17-14-11-8-2/h11,14,20,23,44,47,53-54H,7-10,12-13,15-19,21-22,24-43,45-46,48-52H2,1-6H3,(H-,57,59,61,62)/b14-11+,23-20+,47-44+. The molecule has 0 aromatic rings. The van der Waals surface area contributed by atoms with E-state index in [9.17, 15) is 19.0 Å². The Morgan fingerprint density at radius 1 is 0.545 bits per heavy atom. The van der Waals surface area contributed by atoms with Crippen LogP contribution in [0.2, 0.25) is 0 Å². The first kappa shape index (κ1) is 64.2. The number of hydrogen-bond donors (Lipinski definition) is 1. The van der Waals surface area contributed by atoms with Gasteiger partial charge in [0.15, 0.2) is 0 Å². The van der Waals surface area contributed by atoms with Crippen LogP contribution in [0.5, 0.6) is 0 Å². The molecular weight excluding hydrogens is 844 g/mol. The molecule has 3 unspecified atom stereocenters. The maximum absolute atomic E-state index is 13.4. The predicted molar refractivity (Wildman–Crippen MR) is 279 cm³/mol. The molecule has 0 aliphatic heterocycles. The fourth-order valence-electron chi connectivity index (χ4n) is 8.03. The van der Waals surface area contributed by atoms with Crippen LogP contribution in [0, 0.1) is 0 Å². The zero-order valence-electron chi connectivity index (χ0n) is 44.2. The maximum atomic E-state index is 13.4. The van der Waals surface area contributed by atoms with E-state index >= 15 is 0 Å². The van der Waals surface area contributed by atoms with Crippen molar-refractivity contribution in [2.75, 3.05) is 40.9 Å². The third-order valence-electron chi connectivity index (χ3n) is 12.3. The number of quaternary nitrogens is 1. The molecule has 66 heavy (non-hydrogen) atoms. The van der Waals surface area contributed by atoms with E-state index in [0.717, 1.165) is 83.5 Å². The Kier molecular flexibility index (Phi) is 45.7. The summed E-state index contributed by atoms with van der Waals surface area (Å²) in [5.41, 5.74) is 0. The maximum Gasteiger partial charge on any atom is 0.306 e. The SMILES string of the molecule is CC/C=C/C/C=C/CCCCCCCCCC(=O)NC(COP(=O)([O-])OCC[N+](C)(C)C)C(/C=C/CCCCCCCCCCC)OC(=O)CCCCCCCCCCCCCCCCC. The Labute approximate surface area is 408 Å². The molecule has 0 bridgehead atoms. The van der Waals surface area contributed by atoms with Crippen molar-refractivity contribution >= 4 is 19.7 Å². The van der Waals surface area contributed by atoms with Gasteiger partial charge in [-0.2, -0.15) is 0 Å². The number of nitrogens with one attached hydrogen (secondary N) is 1. The molecule has 388 valence electrons. The van der Waals surface area contributed by atoms with Gasteiger partial charge >= 0.3 is 5.97 Å². The predicted octanol–water partition coefficient (Wildman–Crippen LogP) is 15.8. The topological polar surface area (TPSA) is 114 Å². The van der Waals surface area contributed by atoms with E-state index in [4.69, 9.17) is 13.8 Å². The van der Waals surface area contributed by atoms with Gasteiger partial charge in [-0.15, -0.1) is 0 Å². The molecule has 0 saturated heterocycles. The molecule has 0 aromatic carbocycles. The van der Waals surface area contributed by atoms with Gasteiger partial charge in [0.1, 0.15) is 19.3 Å². The molecule has 0 rings (SSSR count). The Balaban J connectivity index is 5.34. The second kappa shape index (κ2) is 46.9. The summed E-state index contributed by atoms with van der Waals surface area (Å²) in [5, 5.41) is 3.01. The highest BCUT2D eigenvalue weighted by molar-refractivity contribution is 7.45. The number of phosphoric acid groups is 1. The summed E-state index contributed by atoms with van der Waals surface area (Å²) in [6, 6.07) is -0.886. The fraction of sp³-hybridized carbons (Fsp3) is 0.857. The Bertz CT molecular complexity index is 1230. The molecule has 1 N–H and O–H groups in total. The van der Waals surface area contributed by atoms with Gasteiger partial charge in [-0.3, -0.25) is 14.2 Å². The van der Waals surface area contributed by atoms with Gasteiger partial charge < -0.3 is 28.5 Å². The van der Waals surface area contributed by atoms with E-state index < -0.39 is 20.0 Å². The van der Waals surface area contributed by atoms with E-state index in [1.807, 2.05) is 33.3 Å². The minimum absolute atomic E-state index is 0.0222. The summed E-state index contributed by atoms with van der Waals surface area (Å²) in [7, 11) is 1.18. The monoisotopic (exact) mass is 951 g/mol. The van der Waals surface area contributed by atoms with Crippen LogP contribution in [0.1, 0.15) is 258 Å². The number of phosphoric ester groups is 1. The Morgan fingerprint density at radius 2 is 0.970 bits per heavy atom. The molecule has 0 aromatic heterocycles. The first-order valence-electron chi connectivity index (χ1n) is 27.8. The Hall–Kier alpha value is -1.77. The number of unbranched alkanes of at least 4 members (excludes halogenated alkanes) is 30. The summed E-state index contributed by atoms with van der Waals surface area (Å²) in [6.07, 6.45) is 53.9. The fourth-order valence-corrected chi connectivity index (χ4v) is 8.75. The lowest BCUT2D eigenvalue weighted by atomic mass is 10.0. The summed E-state index contributed by atoms with van der Waals surface area (Å²) < 4.78 is 30.2. The summed E-state index contributed by atoms with van der Waals surface area (Å²) >= 11 is 0. The molecule has 0 heterocycles. The Morgan fingerprint density at radius 3 is 1.44 bits per heavy atom. The van der Waals surface area contributed by atoms with Crippen molar-refractivity contribution < 1.29 is 37.3 Å². The normalized spacial score (nSPS) is 14.1. The molecule has 0 aliphatic rings. The molecule has 0 fully saturated rings. The summed E-state index contributed by atoms with van der Waals surface area (Å²) in [4.78, 5) is 39.7. The zero-order valence-corrected chi connectivity index (χ0v) is 45.0. The number of amides is 1. The van der Waals surface area contributed by atoms with Gasteiger partial charge in [0, 0.05) is 12.8 Å². The van der Waals surface area contributed by atoms with Crippen molar-refractivity contribution in [3.8, 4) is 0 Å². The molecule has 0 aliphatic carbocycles. The number of allylic oxidation sites excluding steroid dienone is 5. The van der Waals surface area contributed by atoms with Gasteiger partial charge in [0.05, 0.1) is 33.8 Å². The van der Waals surface area contributed by atoms with Crippen LogP contribution < -0.4 is 10.2 Å². The highest BCUT2D eigenvalue weighted by Crippen LogP contribution is 2.38. The third-order valence-corrected chi connectivity index (χ3v) is 13.3. The minimum atomic E-state index is -4.69. The second-order valence-electron chi connectivity index (χ2n) is 20.1. The van der Waals surface area contributed by atoms with Gasteiger partial charge in [0.25, 0.3) is 7.82 Å². The first-order valence-corrected chi connectivity index (χ1v) is 29.3. The van der Waals surface area contributed by atoms with Crippen LogP contribution in [0.4, 0.5) is 0 Å². The lowest BCUT2D eigenvalue weighted by Crippen LogP contribution is -2.47. The summed E-state index contributed by atoms with van der Waals surface area (Å²) in [6.45, 7) is 6.73. The quantitative estimate of drug-likeness (QED) is 0.0212. The van der Waals surface area contributed by atoms with Crippen molar-refractivity contribution in [2.45, 2.75) is 270 Å². The van der Waals surface area contributed by atoms with E-state index in [1.165, 1.54) is 141 Å². The van der Waals surface area contributed by atoms with Crippen molar-refractivity contribution in [1.82, 2.24) is 5.32 Å². The lowest BCUT2D eigenvalue weighted by Gasteiger charge is -2.30. The highest BCUT2D eigenvalue weighted by atomic mass is 31.2. The molecule has 3 atom stereocenters. The van der Waals surface area contributed by atoms with Gasteiger partial charge in [-0.1, -0.05) is 225 Å². The largest absolute Gasteiger partial charge is 0.756 e. The highest BCUT2D eigenvalue weighted by Gasteiger charge is 2.27. The summed E-state index contributed by atoms with van der Waals surface area (Å²) in [5.74, 6) is -0.544. The number of rotatable bonds is 50. The molecule has 1 amide bonds. The van der Waals surface area contributed by atoms with Crippen LogP contribution in [-0.4, -0.2) is 69.4 Å². The number of carbonyl (C=O) groups excluding carboxylic acids is 2. The molecular formula is C56H107N2O7P. The minimum Gasteiger partial charge on any atom is -0.756 e. The van der Waals surface area contributed by atoms with Gasteiger partial charge in [0.2, 0.25) is 5.91 Å². The lowest BCUT2D eigenvalue weighted by molar-refractivity contribution is -0.870. The van der Waals surface area contributed by atoms with E-state index in [2.05, 4.69) is 50.4 Å². The van der Waals surface area contributed by atoms with Crippen LogP contribution in [0.3, 0.4) is 0 Å². The smallest absolute Gasteiger partial charge is 0.306 e. The molecule has 0 spiro atoms. The van der Waals surface area contributed by atoms with Crippen molar-refractivity contribution in [3.63, 3.8) is 0 Å². The van der Waals surface area contributed by atoms with Crippen molar-refractivity contribution in [3.05, 3.63) is 36.5 Å². The average molecular weight is 951 g/mol. The number of likely N-dealkylation sites (N-methyl/N-ethyl adjacent to an activating group) is 1. The van der Waals surface area contributed by atoms with Crippen LogP contribution in [0.25, 0.3) is 0 Å². The number of esters is 1. The van der Waals surface area contributed by atoms with Crippen LogP contribution in [0.15, 0.2) is 36.5 Å². The first-order chi connectivity index (χ1) is 31.9. The van der Waals surface area contributed by atoms with Gasteiger partial charge in [-0.25, -0.2) is 0 Å². The molecule has 10 heteroatoms.